The number of para-hydroxylation sites is 1. The number of ether oxygens (including phenoxy) is 2. The summed E-state index contributed by atoms with van der Waals surface area (Å²) in [6.07, 6.45) is 0. The summed E-state index contributed by atoms with van der Waals surface area (Å²) in [5.74, 6) is 0.878. The predicted molar refractivity (Wildman–Crippen MR) is 119 cm³/mol. The van der Waals surface area contributed by atoms with Crippen LogP contribution in [0.5, 0.6) is 11.5 Å². The van der Waals surface area contributed by atoms with Crippen molar-refractivity contribution in [2.24, 2.45) is 0 Å². The van der Waals surface area contributed by atoms with Crippen LogP contribution < -0.4 is 15.0 Å². The quantitative estimate of drug-likeness (QED) is 0.441. The Morgan fingerprint density at radius 2 is 1.61 bits per heavy atom. The molecule has 1 heterocycles. The van der Waals surface area contributed by atoms with Crippen molar-refractivity contribution in [1.82, 2.24) is 10.5 Å². The SMILES string of the molecule is COc1ccc(-c2cc(C(=O)NOCc3ccccc3)c3ccccc3n2)cc1OC. The maximum Gasteiger partial charge on any atom is 0.275 e. The molecule has 6 nitrogen and oxygen atoms in total. The van der Waals surface area contributed by atoms with Crippen LogP contribution in [0.15, 0.2) is 78.9 Å². The molecule has 0 saturated heterocycles. The van der Waals surface area contributed by atoms with Crippen molar-refractivity contribution in [3.8, 4) is 22.8 Å². The van der Waals surface area contributed by atoms with E-state index >= 15 is 0 Å². The van der Waals surface area contributed by atoms with Crippen LogP contribution in [0.25, 0.3) is 22.2 Å². The monoisotopic (exact) mass is 414 g/mol. The molecule has 31 heavy (non-hydrogen) atoms. The molecule has 0 bridgehead atoms. The van der Waals surface area contributed by atoms with Crippen LogP contribution in [0, 0.1) is 0 Å². The number of carbonyl (C=O) groups is 1. The molecule has 0 unspecified atom stereocenters. The number of rotatable bonds is 7. The Bertz CT molecular complexity index is 1210. The maximum atomic E-state index is 12.9. The molecular weight excluding hydrogens is 392 g/mol. The van der Waals surface area contributed by atoms with Crippen molar-refractivity contribution >= 4 is 16.8 Å². The summed E-state index contributed by atoms with van der Waals surface area (Å²) in [7, 11) is 3.17. The summed E-state index contributed by atoms with van der Waals surface area (Å²) < 4.78 is 10.7. The van der Waals surface area contributed by atoms with E-state index in [1.807, 2.05) is 72.8 Å². The van der Waals surface area contributed by atoms with Crippen LogP contribution >= 0.6 is 0 Å². The fraction of sp³-hybridized carbons (Fsp3) is 0.120. The Morgan fingerprint density at radius 1 is 0.871 bits per heavy atom. The molecule has 0 aliphatic heterocycles. The van der Waals surface area contributed by atoms with E-state index in [9.17, 15) is 4.79 Å². The highest BCUT2D eigenvalue weighted by atomic mass is 16.6. The fourth-order valence-corrected chi connectivity index (χ4v) is 3.32. The minimum atomic E-state index is -0.337. The summed E-state index contributed by atoms with van der Waals surface area (Å²) in [5, 5.41) is 0.743. The number of hydroxylamine groups is 1. The van der Waals surface area contributed by atoms with E-state index in [4.69, 9.17) is 19.3 Å². The Hall–Kier alpha value is -3.90. The molecule has 0 spiro atoms. The van der Waals surface area contributed by atoms with E-state index < -0.39 is 0 Å². The van der Waals surface area contributed by atoms with E-state index in [0.717, 1.165) is 16.5 Å². The van der Waals surface area contributed by atoms with Crippen LogP contribution in [0.2, 0.25) is 0 Å². The molecule has 4 rings (SSSR count). The molecule has 6 heteroatoms. The number of amides is 1. The second-order valence-corrected chi connectivity index (χ2v) is 6.85. The summed E-state index contributed by atoms with van der Waals surface area (Å²) in [4.78, 5) is 23.1. The van der Waals surface area contributed by atoms with Gasteiger partial charge in [0.2, 0.25) is 0 Å². The van der Waals surface area contributed by atoms with Gasteiger partial charge >= 0.3 is 0 Å². The van der Waals surface area contributed by atoms with E-state index in [1.54, 1.807) is 20.3 Å². The number of carbonyl (C=O) groups excluding carboxylic acids is 1. The third-order valence-corrected chi connectivity index (χ3v) is 4.89. The van der Waals surface area contributed by atoms with Crippen molar-refractivity contribution in [3.63, 3.8) is 0 Å². The first-order valence-electron chi connectivity index (χ1n) is 9.78. The Labute approximate surface area is 180 Å². The van der Waals surface area contributed by atoms with Gasteiger partial charge in [0.25, 0.3) is 5.91 Å². The van der Waals surface area contributed by atoms with Gasteiger partial charge in [-0.15, -0.1) is 0 Å². The zero-order valence-electron chi connectivity index (χ0n) is 17.3. The van der Waals surface area contributed by atoms with E-state index in [2.05, 4.69) is 5.48 Å². The molecule has 1 amide bonds. The van der Waals surface area contributed by atoms with Crippen molar-refractivity contribution in [1.29, 1.82) is 0 Å². The summed E-state index contributed by atoms with van der Waals surface area (Å²) >= 11 is 0. The molecule has 4 aromatic rings. The summed E-state index contributed by atoms with van der Waals surface area (Å²) in [6.45, 7) is 0.276. The van der Waals surface area contributed by atoms with Gasteiger partial charge in [-0.3, -0.25) is 9.63 Å². The number of hydrogen-bond donors (Lipinski definition) is 1. The predicted octanol–water partition coefficient (Wildman–Crippen LogP) is 4.78. The smallest absolute Gasteiger partial charge is 0.275 e. The lowest BCUT2D eigenvalue weighted by molar-refractivity contribution is 0.0235. The molecule has 3 aromatic carbocycles. The van der Waals surface area contributed by atoms with Gasteiger partial charge in [0.1, 0.15) is 0 Å². The van der Waals surface area contributed by atoms with E-state index in [0.29, 0.717) is 28.3 Å². The number of hydrogen-bond acceptors (Lipinski definition) is 5. The van der Waals surface area contributed by atoms with Crippen LogP contribution in [-0.4, -0.2) is 25.1 Å². The molecule has 0 radical (unpaired) electrons. The number of nitrogens with zero attached hydrogens (tertiary/aromatic N) is 1. The largest absolute Gasteiger partial charge is 0.493 e. The topological polar surface area (TPSA) is 69.7 Å². The van der Waals surface area contributed by atoms with Crippen molar-refractivity contribution < 1.29 is 19.1 Å². The first-order chi connectivity index (χ1) is 15.2. The fourth-order valence-electron chi connectivity index (χ4n) is 3.32. The third kappa shape index (κ3) is 4.49. The Balaban J connectivity index is 1.66. The highest BCUT2D eigenvalue weighted by Gasteiger charge is 2.15. The lowest BCUT2D eigenvalue weighted by Gasteiger charge is -2.12. The molecule has 0 saturated carbocycles. The molecular formula is C25H22N2O4. The normalized spacial score (nSPS) is 10.6. The number of nitrogens with one attached hydrogen (secondary N) is 1. The van der Waals surface area contributed by atoms with Crippen LogP contribution in [0.4, 0.5) is 0 Å². The first kappa shape index (κ1) is 20.4. The zero-order valence-corrected chi connectivity index (χ0v) is 17.3. The van der Waals surface area contributed by atoms with Crippen molar-refractivity contribution in [3.05, 3.63) is 90.0 Å². The van der Waals surface area contributed by atoms with Gasteiger partial charge < -0.3 is 9.47 Å². The second kappa shape index (κ2) is 9.28. The summed E-state index contributed by atoms with van der Waals surface area (Å²) in [5.41, 5.74) is 6.15. The third-order valence-electron chi connectivity index (χ3n) is 4.89. The van der Waals surface area contributed by atoms with Gasteiger partial charge in [-0.05, 0) is 35.9 Å². The van der Waals surface area contributed by atoms with Gasteiger partial charge in [-0.1, -0.05) is 48.5 Å². The standard InChI is InChI=1S/C25H22N2O4/c1-29-23-13-12-18(14-24(23)30-2)22-15-20(19-10-6-7-11-21(19)26-22)25(28)27-31-16-17-8-4-3-5-9-17/h3-15H,16H2,1-2H3,(H,27,28). The molecule has 0 aliphatic rings. The number of pyridine rings is 1. The highest BCUT2D eigenvalue weighted by Crippen LogP contribution is 2.33. The maximum absolute atomic E-state index is 12.9. The second-order valence-electron chi connectivity index (χ2n) is 6.85. The molecule has 1 N–H and O–H groups in total. The van der Waals surface area contributed by atoms with Gasteiger partial charge in [-0.25, -0.2) is 10.5 Å². The minimum Gasteiger partial charge on any atom is -0.493 e. The number of aromatic nitrogens is 1. The minimum absolute atomic E-state index is 0.276. The average molecular weight is 414 g/mol. The van der Waals surface area contributed by atoms with Gasteiger partial charge in [0.05, 0.1) is 37.6 Å². The Morgan fingerprint density at radius 3 is 2.39 bits per heavy atom. The number of fused-ring (bicyclic) bond motifs is 1. The molecule has 0 atom stereocenters. The van der Waals surface area contributed by atoms with E-state index in [-0.39, 0.29) is 12.5 Å². The van der Waals surface area contributed by atoms with Crippen molar-refractivity contribution in [2.45, 2.75) is 6.61 Å². The lowest BCUT2D eigenvalue weighted by atomic mass is 10.0. The van der Waals surface area contributed by atoms with Gasteiger partial charge in [0, 0.05) is 10.9 Å². The van der Waals surface area contributed by atoms with Crippen LogP contribution in [0.1, 0.15) is 15.9 Å². The molecule has 1 aromatic heterocycles. The van der Waals surface area contributed by atoms with E-state index in [1.165, 1.54) is 0 Å². The van der Waals surface area contributed by atoms with Gasteiger partial charge in [0.15, 0.2) is 11.5 Å². The molecule has 0 aliphatic carbocycles. The molecule has 0 fully saturated rings. The summed E-state index contributed by atoms with van der Waals surface area (Å²) in [6, 6.07) is 24.4. The zero-order chi connectivity index (χ0) is 21.6. The molecule has 156 valence electrons. The highest BCUT2D eigenvalue weighted by molar-refractivity contribution is 6.06. The Kier molecular flexibility index (Phi) is 6.10. The number of benzene rings is 3. The van der Waals surface area contributed by atoms with Crippen LogP contribution in [-0.2, 0) is 11.4 Å². The first-order valence-corrected chi connectivity index (χ1v) is 9.78. The van der Waals surface area contributed by atoms with Crippen molar-refractivity contribution in [2.75, 3.05) is 14.2 Å². The number of methoxy groups -OCH3 is 2. The van der Waals surface area contributed by atoms with Crippen LogP contribution in [0.3, 0.4) is 0 Å². The average Bonchev–Trinajstić information content (AvgIpc) is 2.83. The lowest BCUT2D eigenvalue weighted by Crippen LogP contribution is -2.24. The van der Waals surface area contributed by atoms with Gasteiger partial charge in [-0.2, -0.15) is 0 Å².